The highest BCUT2D eigenvalue weighted by molar-refractivity contribution is 7.98. The molecule has 2 N–H and O–H groups in total. The highest BCUT2D eigenvalue weighted by Crippen LogP contribution is 2.25. The van der Waals surface area contributed by atoms with Gasteiger partial charge in [0.15, 0.2) is 5.65 Å². The second-order valence-corrected chi connectivity index (χ2v) is 11.8. The molecule has 4 rings (SSSR count). The Balaban J connectivity index is 0.000000421. The third-order valence-electron chi connectivity index (χ3n) is 5.58. The Hall–Kier alpha value is -2.21. The van der Waals surface area contributed by atoms with Gasteiger partial charge < -0.3 is 15.0 Å². The molecule has 39 heavy (non-hydrogen) atoms. The summed E-state index contributed by atoms with van der Waals surface area (Å²) < 4.78 is 31.1. The van der Waals surface area contributed by atoms with E-state index < -0.39 is 10.0 Å². The molecule has 0 amide bonds. The molecule has 3 aromatic rings. The van der Waals surface area contributed by atoms with Crippen LogP contribution < -0.4 is 5.73 Å². The van der Waals surface area contributed by atoms with Gasteiger partial charge in [0.2, 0.25) is 10.0 Å². The lowest BCUT2D eigenvalue weighted by atomic mass is 10.2. The standard InChI is InChI=1S/C17H21N5OS.C6H13NO2S.C3H8.C2H6/c1-3-12-10-22(11-23-7-8-24-2)17-15(12)21-14(9-20-17)13-5-4-6-19-16(13)18;1-10(8,9)7-5-3-2-4-6-7;1-3-2;1-2/h4-6,9-10H,3,7-8,11H2,1-2H3,(H2,18,19);2-6H2,1H3;3H2,1-2H3;1-2H3. The van der Waals surface area contributed by atoms with Gasteiger partial charge in [-0.15, -0.1) is 0 Å². The van der Waals surface area contributed by atoms with Crippen molar-refractivity contribution in [3.8, 4) is 11.3 Å². The predicted molar refractivity (Wildman–Crippen MR) is 166 cm³/mol. The van der Waals surface area contributed by atoms with Crippen LogP contribution in [0.1, 0.15) is 65.9 Å². The minimum absolute atomic E-state index is 0.462. The second kappa shape index (κ2) is 19.0. The van der Waals surface area contributed by atoms with Crippen LogP contribution in [0.25, 0.3) is 22.4 Å². The van der Waals surface area contributed by atoms with Gasteiger partial charge in [0.1, 0.15) is 18.1 Å². The van der Waals surface area contributed by atoms with Crippen molar-refractivity contribution in [3.63, 3.8) is 0 Å². The van der Waals surface area contributed by atoms with E-state index in [1.807, 2.05) is 30.5 Å². The number of nitrogen functional groups attached to an aromatic ring is 1. The lowest BCUT2D eigenvalue weighted by Crippen LogP contribution is -2.34. The Kier molecular flexibility index (Phi) is 16.9. The van der Waals surface area contributed by atoms with E-state index in [9.17, 15) is 8.42 Å². The molecule has 3 aromatic heterocycles. The van der Waals surface area contributed by atoms with Crippen molar-refractivity contribution in [1.82, 2.24) is 23.8 Å². The van der Waals surface area contributed by atoms with Crippen molar-refractivity contribution in [1.29, 1.82) is 0 Å². The largest absolute Gasteiger partial charge is 0.383 e. The van der Waals surface area contributed by atoms with E-state index >= 15 is 0 Å². The fourth-order valence-electron chi connectivity index (χ4n) is 3.74. The number of nitrogens with zero attached hydrogens (tertiary/aromatic N) is 5. The highest BCUT2D eigenvalue weighted by Gasteiger charge is 2.18. The number of aryl methyl sites for hydroxylation is 1. The summed E-state index contributed by atoms with van der Waals surface area (Å²) in [4.78, 5) is 13.5. The molecule has 0 radical (unpaired) electrons. The van der Waals surface area contributed by atoms with Gasteiger partial charge in [-0.2, -0.15) is 11.8 Å². The maximum Gasteiger partial charge on any atom is 0.211 e. The maximum absolute atomic E-state index is 10.9. The molecular weight excluding hydrogens is 532 g/mol. The number of thioether (sulfide) groups is 1. The molecule has 1 aliphatic heterocycles. The number of nitrogens with two attached hydrogens (primary N) is 1. The summed E-state index contributed by atoms with van der Waals surface area (Å²) in [5.74, 6) is 1.44. The van der Waals surface area contributed by atoms with E-state index in [2.05, 4.69) is 43.2 Å². The second-order valence-electron chi connectivity index (χ2n) is 8.80. The van der Waals surface area contributed by atoms with Gasteiger partial charge >= 0.3 is 0 Å². The smallest absolute Gasteiger partial charge is 0.211 e. The van der Waals surface area contributed by atoms with Crippen molar-refractivity contribution in [2.45, 2.75) is 73.5 Å². The summed E-state index contributed by atoms with van der Waals surface area (Å²) >= 11 is 1.77. The molecule has 0 saturated carbocycles. The minimum Gasteiger partial charge on any atom is -0.383 e. The number of hydrogen-bond acceptors (Lipinski definition) is 8. The number of pyridine rings is 1. The Morgan fingerprint density at radius 1 is 1.10 bits per heavy atom. The van der Waals surface area contributed by atoms with Gasteiger partial charge in [-0.1, -0.05) is 47.5 Å². The molecule has 9 nitrogen and oxygen atoms in total. The average molecular weight is 581 g/mol. The SMILES string of the molecule is CC.CCC.CCc1cn(COCCSC)c2ncc(-c3cccnc3N)nc12.CS(=O)(=O)N1CCCCC1. The van der Waals surface area contributed by atoms with Gasteiger partial charge in [-0.05, 0) is 43.2 Å². The lowest BCUT2D eigenvalue weighted by molar-refractivity contribution is 0.0926. The minimum atomic E-state index is -2.89. The number of anilines is 1. The molecule has 1 aliphatic rings. The van der Waals surface area contributed by atoms with Gasteiger partial charge in [-0.3, -0.25) is 0 Å². The summed E-state index contributed by atoms with van der Waals surface area (Å²) in [5.41, 5.74) is 10.4. The summed E-state index contributed by atoms with van der Waals surface area (Å²) in [6, 6.07) is 3.76. The van der Waals surface area contributed by atoms with Crippen LogP contribution in [-0.2, 0) is 27.9 Å². The van der Waals surface area contributed by atoms with E-state index in [4.69, 9.17) is 15.5 Å². The molecule has 4 heterocycles. The Morgan fingerprint density at radius 2 is 1.77 bits per heavy atom. The fraction of sp³-hybridized carbons (Fsp3) is 0.607. The van der Waals surface area contributed by atoms with Crippen molar-refractivity contribution in [2.75, 3.05) is 43.7 Å². The van der Waals surface area contributed by atoms with Crippen LogP contribution in [0.5, 0.6) is 0 Å². The molecule has 0 unspecified atom stereocenters. The van der Waals surface area contributed by atoms with Gasteiger partial charge in [0.05, 0.1) is 24.8 Å². The van der Waals surface area contributed by atoms with Gasteiger partial charge in [-0.25, -0.2) is 27.7 Å². The molecule has 0 bridgehead atoms. The predicted octanol–water partition coefficient (Wildman–Crippen LogP) is 5.85. The van der Waals surface area contributed by atoms with Crippen LogP contribution >= 0.6 is 11.8 Å². The number of sulfonamides is 1. The van der Waals surface area contributed by atoms with E-state index in [1.54, 1.807) is 28.5 Å². The third kappa shape index (κ3) is 11.4. The number of hydrogen-bond donors (Lipinski definition) is 1. The number of ether oxygens (including phenoxy) is 1. The first-order chi connectivity index (χ1) is 18.8. The molecule has 0 aromatic carbocycles. The maximum atomic E-state index is 10.9. The fourth-order valence-corrected chi connectivity index (χ4v) is 4.95. The van der Waals surface area contributed by atoms with Crippen molar-refractivity contribution >= 4 is 38.8 Å². The van der Waals surface area contributed by atoms with E-state index in [1.165, 1.54) is 19.1 Å². The van der Waals surface area contributed by atoms with Crippen molar-refractivity contribution < 1.29 is 13.2 Å². The summed E-state index contributed by atoms with van der Waals surface area (Å²) in [6.45, 7) is 13.0. The Bertz CT molecular complexity index is 1200. The summed E-state index contributed by atoms with van der Waals surface area (Å²) in [7, 11) is -2.89. The number of aromatic nitrogens is 4. The molecule has 0 spiro atoms. The zero-order valence-electron chi connectivity index (χ0n) is 24.8. The third-order valence-corrected chi connectivity index (χ3v) is 7.46. The van der Waals surface area contributed by atoms with Crippen molar-refractivity contribution in [3.05, 3.63) is 36.3 Å². The van der Waals surface area contributed by atoms with Crippen LogP contribution in [0.2, 0.25) is 0 Å². The first kappa shape index (κ1) is 34.8. The molecule has 0 aliphatic carbocycles. The molecular formula is C28H48N6O3S2. The van der Waals surface area contributed by atoms with Gasteiger partial charge in [0.25, 0.3) is 0 Å². The topological polar surface area (TPSA) is 116 Å². The van der Waals surface area contributed by atoms with Crippen LogP contribution in [-0.4, -0.2) is 70.2 Å². The van der Waals surface area contributed by atoms with E-state index in [0.717, 1.165) is 72.7 Å². The monoisotopic (exact) mass is 580 g/mol. The summed E-state index contributed by atoms with van der Waals surface area (Å²) in [6.07, 6.45) is 14.2. The summed E-state index contributed by atoms with van der Waals surface area (Å²) in [5, 5.41) is 0. The van der Waals surface area contributed by atoms with Crippen LogP contribution in [0.3, 0.4) is 0 Å². The molecule has 0 atom stereocenters. The van der Waals surface area contributed by atoms with Crippen LogP contribution in [0.15, 0.2) is 30.7 Å². The van der Waals surface area contributed by atoms with E-state index in [-0.39, 0.29) is 0 Å². The normalized spacial score (nSPS) is 13.4. The highest BCUT2D eigenvalue weighted by atomic mass is 32.2. The number of piperidine rings is 1. The number of fused-ring (bicyclic) bond motifs is 1. The molecule has 220 valence electrons. The van der Waals surface area contributed by atoms with Crippen LogP contribution in [0, 0.1) is 0 Å². The van der Waals surface area contributed by atoms with Gasteiger partial charge in [0, 0.05) is 36.8 Å². The molecule has 11 heteroatoms. The quantitative estimate of drug-likeness (QED) is 0.330. The first-order valence-corrected chi connectivity index (χ1v) is 17.1. The zero-order chi connectivity index (χ0) is 29.3. The number of rotatable bonds is 8. The lowest BCUT2D eigenvalue weighted by Gasteiger charge is -2.23. The molecule has 1 fully saturated rings. The Labute approximate surface area is 240 Å². The Morgan fingerprint density at radius 3 is 2.31 bits per heavy atom. The van der Waals surface area contributed by atoms with E-state index in [0.29, 0.717) is 12.5 Å². The zero-order valence-corrected chi connectivity index (χ0v) is 26.4. The average Bonchev–Trinajstić information content (AvgIpc) is 3.30. The van der Waals surface area contributed by atoms with Crippen molar-refractivity contribution in [2.24, 2.45) is 0 Å². The van der Waals surface area contributed by atoms with Crippen LogP contribution in [0.4, 0.5) is 5.82 Å². The molecule has 1 saturated heterocycles. The first-order valence-electron chi connectivity index (χ1n) is 13.8.